The Morgan fingerprint density at radius 2 is 1.54 bits per heavy atom. The first kappa shape index (κ1) is 9.96. The molecule has 13 heavy (non-hydrogen) atoms. The first-order chi connectivity index (χ1) is 5.95. The Morgan fingerprint density at radius 1 is 1.15 bits per heavy atom. The Balaban J connectivity index is 2.82. The predicted octanol–water partition coefficient (Wildman–Crippen LogP) is 0.693. The highest BCUT2D eigenvalue weighted by Gasteiger charge is 2.51. The van der Waals surface area contributed by atoms with Crippen LogP contribution in [-0.4, -0.2) is 35.3 Å². The minimum absolute atomic E-state index is 0.807. The summed E-state index contributed by atoms with van der Waals surface area (Å²) in [4.78, 5) is 9.93. The minimum atomic E-state index is -2.95. The summed E-state index contributed by atoms with van der Waals surface area (Å²) < 4.78 is 53.0. The van der Waals surface area contributed by atoms with E-state index in [2.05, 4.69) is 4.74 Å². The van der Waals surface area contributed by atoms with Gasteiger partial charge in [0.15, 0.2) is 5.03 Å². The number of hydrazine groups is 1. The lowest BCUT2D eigenvalue weighted by Crippen LogP contribution is -2.57. The number of ether oxygens (including phenoxy) is 1. The largest absolute Gasteiger partial charge is 0.305 e. The summed E-state index contributed by atoms with van der Waals surface area (Å²) >= 11 is 0. The van der Waals surface area contributed by atoms with E-state index in [9.17, 15) is 27.7 Å². The van der Waals surface area contributed by atoms with Crippen LogP contribution >= 0.6 is 0 Å². The molecule has 9 heteroatoms. The molecule has 0 bridgehead atoms. The normalized spacial score (nSPS) is 40.5. The van der Waals surface area contributed by atoms with Gasteiger partial charge >= 0.3 is 0 Å². The van der Waals surface area contributed by atoms with Gasteiger partial charge in [0, 0.05) is 0 Å². The third-order valence-corrected chi connectivity index (χ3v) is 1.39. The lowest BCUT2D eigenvalue weighted by Gasteiger charge is -2.30. The molecular weight excluding hydrogens is 200 g/mol. The SMILES string of the molecule is O=[N+]([O-])N1C(F)C(F)OC(F)C1F. The number of hydrogen-bond acceptors (Lipinski definition) is 3. The van der Waals surface area contributed by atoms with Crippen molar-refractivity contribution in [2.45, 2.75) is 25.3 Å². The zero-order chi connectivity index (χ0) is 10.2. The zero-order valence-corrected chi connectivity index (χ0v) is 5.94. The van der Waals surface area contributed by atoms with Gasteiger partial charge in [-0.1, -0.05) is 0 Å². The Kier molecular flexibility index (Phi) is 2.55. The predicted molar refractivity (Wildman–Crippen MR) is 29.5 cm³/mol. The molecular formula is C4H4F4N2O3. The molecule has 0 aromatic heterocycles. The highest BCUT2D eigenvalue weighted by molar-refractivity contribution is 4.69. The Bertz CT molecular complexity index is 204. The van der Waals surface area contributed by atoms with Crippen LogP contribution in [0.5, 0.6) is 0 Å². The fourth-order valence-electron chi connectivity index (χ4n) is 0.810. The van der Waals surface area contributed by atoms with Crippen molar-refractivity contribution in [3.05, 3.63) is 10.1 Å². The average molecular weight is 204 g/mol. The van der Waals surface area contributed by atoms with Gasteiger partial charge in [-0.05, 0) is 5.01 Å². The first-order valence-electron chi connectivity index (χ1n) is 3.09. The van der Waals surface area contributed by atoms with Crippen LogP contribution in [0, 0.1) is 10.1 Å². The van der Waals surface area contributed by atoms with Crippen molar-refractivity contribution in [3.63, 3.8) is 0 Å². The fourth-order valence-corrected chi connectivity index (χ4v) is 0.810. The molecule has 0 aliphatic carbocycles. The molecule has 0 aromatic carbocycles. The molecule has 0 N–H and O–H groups in total. The Hall–Kier alpha value is -1.12. The van der Waals surface area contributed by atoms with E-state index in [0.717, 1.165) is 0 Å². The standard InChI is InChI=1S/C4H4F4N2O3/c5-1-3(7)13-4(8)2(6)9(1)10(11)12/h1-4H. The molecule has 76 valence electrons. The van der Waals surface area contributed by atoms with Crippen LogP contribution in [0.25, 0.3) is 0 Å². The fraction of sp³-hybridized carbons (Fsp3) is 1.00. The molecule has 0 amide bonds. The summed E-state index contributed by atoms with van der Waals surface area (Å²) in [6, 6.07) is 0. The summed E-state index contributed by atoms with van der Waals surface area (Å²) in [6.45, 7) is 0. The maximum atomic E-state index is 12.5. The highest BCUT2D eigenvalue weighted by Crippen LogP contribution is 2.26. The van der Waals surface area contributed by atoms with Gasteiger partial charge in [-0.25, -0.2) is 27.7 Å². The van der Waals surface area contributed by atoms with E-state index in [1.54, 1.807) is 0 Å². The average Bonchev–Trinajstić information content (AvgIpc) is 2.01. The highest BCUT2D eigenvalue weighted by atomic mass is 19.2. The van der Waals surface area contributed by atoms with Gasteiger partial charge in [0.25, 0.3) is 25.3 Å². The third-order valence-electron chi connectivity index (χ3n) is 1.39. The van der Waals surface area contributed by atoms with E-state index < -0.39 is 35.3 Å². The maximum absolute atomic E-state index is 12.5. The van der Waals surface area contributed by atoms with Crippen LogP contribution in [-0.2, 0) is 4.74 Å². The molecule has 1 fully saturated rings. The second kappa shape index (κ2) is 3.32. The quantitative estimate of drug-likeness (QED) is 0.273. The number of morpholine rings is 1. The number of hydrogen-bond donors (Lipinski definition) is 0. The topological polar surface area (TPSA) is 55.6 Å². The minimum Gasteiger partial charge on any atom is -0.305 e. The van der Waals surface area contributed by atoms with Crippen LogP contribution in [0.3, 0.4) is 0 Å². The second-order valence-corrected chi connectivity index (χ2v) is 2.20. The second-order valence-electron chi connectivity index (χ2n) is 2.20. The van der Waals surface area contributed by atoms with Gasteiger partial charge in [0.2, 0.25) is 0 Å². The molecule has 1 saturated heterocycles. The van der Waals surface area contributed by atoms with Gasteiger partial charge < -0.3 is 4.74 Å². The van der Waals surface area contributed by atoms with Crippen molar-refractivity contribution in [1.82, 2.24) is 5.01 Å². The summed E-state index contributed by atoms with van der Waals surface area (Å²) in [5.41, 5.74) is 0. The monoisotopic (exact) mass is 204 g/mol. The summed E-state index contributed by atoms with van der Waals surface area (Å²) in [5.74, 6) is 0. The van der Waals surface area contributed by atoms with Gasteiger partial charge in [-0.2, -0.15) is 0 Å². The van der Waals surface area contributed by atoms with E-state index in [1.807, 2.05) is 0 Å². The molecule has 5 nitrogen and oxygen atoms in total. The number of halogens is 4. The maximum Gasteiger partial charge on any atom is 0.286 e. The zero-order valence-electron chi connectivity index (χ0n) is 5.94. The van der Waals surface area contributed by atoms with Crippen molar-refractivity contribution in [2.24, 2.45) is 0 Å². The van der Waals surface area contributed by atoms with Gasteiger partial charge in [-0.15, -0.1) is 0 Å². The van der Waals surface area contributed by atoms with E-state index >= 15 is 0 Å². The molecule has 0 spiro atoms. The molecule has 1 aliphatic heterocycles. The van der Waals surface area contributed by atoms with Crippen LogP contribution in [0.2, 0.25) is 0 Å². The van der Waals surface area contributed by atoms with E-state index in [0.29, 0.717) is 0 Å². The molecule has 0 aromatic rings. The molecule has 1 heterocycles. The summed E-state index contributed by atoms with van der Waals surface area (Å²) in [7, 11) is 0. The van der Waals surface area contributed by atoms with Gasteiger partial charge in [0.05, 0.1) is 0 Å². The number of rotatable bonds is 1. The van der Waals surface area contributed by atoms with E-state index in [-0.39, 0.29) is 0 Å². The lowest BCUT2D eigenvalue weighted by atomic mass is 10.4. The molecule has 1 aliphatic rings. The number of nitrogens with zero attached hydrogens (tertiary/aromatic N) is 2. The van der Waals surface area contributed by atoms with Gasteiger partial charge in [-0.3, -0.25) is 0 Å². The summed E-state index contributed by atoms with van der Waals surface area (Å²) in [5, 5.41) is 7.56. The third kappa shape index (κ3) is 1.64. The van der Waals surface area contributed by atoms with Crippen molar-refractivity contribution in [3.8, 4) is 0 Å². The Labute approximate surface area is 69.0 Å². The molecule has 4 atom stereocenters. The van der Waals surface area contributed by atoms with Crippen molar-refractivity contribution in [1.29, 1.82) is 0 Å². The van der Waals surface area contributed by atoms with Crippen LogP contribution in [0.4, 0.5) is 17.6 Å². The van der Waals surface area contributed by atoms with Gasteiger partial charge in [0.1, 0.15) is 0 Å². The molecule has 1 rings (SSSR count). The molecule has 4 unspecified atom stereocenters. The van der Waals surface area contributed by atoms with Crippen LogP contribution in [0.1, 0.15) is 0 Å². The van der Waals surface area contributed by atoms with E-state index in [1.165, 1.54) is 0 Å². The van der Waals surface area contributed by atoms with E-state index in [4.69, 9.17) is 0 Å². The number of nitro groups is 1. The van der Waals surface area contributed by atoms with Crippen molar-refractivity contribution in [2.75, 3.05) is 0 Å². The van der Waals surface area contributed by atoms with Crippen LogP contribution < -0.4 is 0 Å². The van der Waals surface area contributed by atoms with Crippen molar-refractivity contribution < 1.29 is 27.3 Å². The molecule has 0 radical (unpaired) electrons. The smallest absolute Gasteiger partial charge is 0.286 e. The lowest BCUT2D eigenvalue weighted by molar-refractivity contribution is -0.703. The van der Waals surface area contributed by atoms with Crippen LogP contribution in [0.15, 0.2) is 0 Å². The van der Waals surface area contributed by atoms with Crippen molar-refractivity contribution >= 4 is 0 Å². The Morgan fingerprint density at radius 3 is 1.85 bits per heavy atom. The number of alkyl halides is 4. The molecule has 0 saturated carbocycles. The first-order valence-corrected chi connectivity index (χ1v) is 3.09. The summed E-state index contributed by atoms with van der Waals surface area (Å²) in [6.07, 6.45) is -11.6.